The molecule has 10 rings (SSSR count). The molecule has 6 aromatic carbocycles. The zero-order chi connectivity index (χ0) is 41.5. The maximum Gasteiger partial charge on any atom is 0.135 e. The molecule has 4 heterocycles. The quantitative estimate of drug-likeness (QED) is 0.150. The van der Waals surface area contributed by atoms with Crippen LogP contribution in [-0.2, 0) is 26.7 Å². The van der Waals surface area contributed by atoms with Crippen LogP contribution in [0.4, 0.5) is 0 Å². The number of benzene rings is 6. The van der Waals surface area contributed by atoms with Crippen molar-refractivity contribution in [2.45, 2.75) is 52.9 Å². The Morgan fingerprint density at radius 1 is 0.724 bits per heavy atom. The first kappa shape index (κ1) is 35.5. The molecule has 0 bridgehead atoms. The van der Waals surface area contributed by atoms with Gasteiger partial charge in [-0.15, -0.1) is 41.3 Å². The minimum atomic E-state index is -2.09. The van der Waals surface area contributed by atoms with E-state index in [9.17, 15) is 0 Å². The topological polar surface area (TPSA) is 43.9 Å². The molecule has 0 N–H and O–H groups in total. The number of thiophene rings is 1. The summed E-state index contributed by atoms with van der Waals surface area (Å²) in [7, 11) is 0. The third-order valence-electron chi connectivity index (χ3n) is 10.7. The Kier molecular flexibility index (Phi) is 10.2. The maximum absolute atomic E-state index is 7.23. The predicted octanol–water partition coefficient (Wildman–Crippen LogP) is 14.4. The molecule has 0 aliphatic heterocycles. The molecule has 6 heteroatoms. The molecule has 1 radical (unpaired) electrons. The Balaban J connectivity index is 0.000000255. The summed E-state index contributed by atoms with van der Waals surface area (Å²) in [6, 6.07) is 50.6. The molecule has 10 aromatic rings. The van der Waals surface area contributed by atoms with Gasteiger partial charge in [0.25, 0.3) is 0 Å². The molecule has 0 aliphatic rings. The summed E-state index contributed by atoms with van der Waals surface area (Å²) in [5, 5.41) is 7.13. The number of imidazole rings is 1. The van der Waals surface area contributed by atoms with Crippen LogP contribution >= 0.6 is 11.3 Å². The molecule has 289 valence electrons. The van der Waals surface area contributed by atoms with E-state index in [0.29, 0.717) is 11.8 Å². The molecule has 0 atom stereocenters. The Labute approximate surface area is 361 Å². The van der Waals surface area contributed by atoms with Crippen molar-refractivity contribution < 1.29 is 28.6 Å². The van der Waals surface area contributed by atoms with Crippen molar-refractivity contribution in [3.8, 4) is 33.8 Å². The van der Waals surface area contributed by atoms with E-state index in [1.54, 1.807) is 29.5 Å². The molecule has 0 fully saturated rings. The average Bonchev–Trinajstić information content (AvgIpc) is 3.96. The molecule has 4 aromatic heterocycles. The standard InChI is InChI=1S/C40H33N2OS.C12H10N.Ir/c1-24(2)28-11-9-12-29(25(3)4)33(28)22-42-36-14-7-6-13-35(36)41-40(42)34-23-44-39-19-17-27(21-32(34)39)26-16-18-38-31(20-26)30-10-5-8-15-37(30)43-38;1-10-7-8-12(13-9-10)11-5-3-2-4-6-11;/h5-21,24-25H,22H2,1-4H3;2-5,7-9H,1H3;/q2*-1;/i;1D3;. The first-order valence-corrected chi connectivity index (χ1v) is 20.2. The minimum absolute atomic E-state index is 0. The second kappa shape index (κ2) is 16.7. The second-order valence-electron chi connectivity index (χ2n) is 15.0. The van der Waals surface area contributed by atoms with Gasteiger partial charge in [-0.25, -0.2) is 0 Å². The van der Waals surface area contributed by atoms with E-state index in [0.717, 1.165) is 62.2 Å². The summed E-state index contributed by atoms with van der Waals surface area (Å²) in [5.41, 5.74) is 13.5. The van der Waals surface area contributed by atoms with Gasteiger partial charge in [-0.2, -0.15) is 0 Å². The van der Waals surface area contributed by atoms with Crippen LogP contribution in [0.3, 0.4) is 0 Å². The van der Waals surface area contributed by atoms with Gasteiger partial charge in [0.05, 0.1) is 16.9 Å². The number of para-hydroxylation sites is 3. The fraction of sp³-hybridized carbons (Fsp3) is 0.154. The fourth-order valence-electron chi connectivity index (χ4n) is 7.80. The van der Waals surface area contributed by atoms with Crippen LogP contribution in [0.5, 0.6) is 0 Å². The van der Waals surface area contributed by atoms with Crippen LogP contribution in [0.2, 0.25) is 0 Å². The monoisotopic (exact) mass is 953 g/mol. The van der Waals surface area contributed by atoms with Crippen molar-refractivity contribution in [3.63, 3.8) is 0 Å². The summed E-state index contributed by atoms with van der Waals surface area (Å²) in [6.45, 7) is 7.85. The largest absolute Gasteiger partial charge is 0.456 e. The van der Waals surface area contributed by atoms with Gasteiger partial charge in [0.2, 0.25) is 0 Å². The Hall–Kier alpha value is -5.65. The first-order chi connectivity index (χ1) is 29.0. The van der Waals surface area contributed by atoms with E-state index < -0.39 is 6.85 Å². The molecule has 0 saturated heterocycles. The van der Waals surface area contributed by atoms with Gasteiger partial charge < -0.3 is 14.0 Å². The number of aryl methyl sites for hydroxylation is 1. The number of nitrogens with zero attached hydrogens (tertiary/aromatic N) is 3. The summed E-state index contributed by atoms with van der Waals surface area (Å²) in [5.74, 6) is 1.84. The number of pyridine rings is 1. The molecule has 0 amide bonds. The molecule has 0 saturated carbocycles. The van der Waals surface area contributed by atoms with Crippen molar-refractivity contribution in [2.24, 2.45) is 0 Å². The van der Waals surface area contributed by atoms with Crippen LogP contribution < -0.4 is 0 Å². The van der Waals surface area contributed by atoms with Crippen molar-refractivity contribution in [2.75, 3.05) is 0 Å². The predicted molar refractivity (Wildman–Crippen MR) is 239 cm³/mol. The van der Waals surface area contributed by atoms with Gasteiger partial charge in [0, 0.05) is 47.7 Å². The normalized spacial score (nSPS) is 12.4. The molecule has 4 nitrogen and oxygen atoms in total. The third-order valence-corrected chi connectivity index (χ3v) is 11.5. The summed E-state index contributed by atoms with van der Waals surface area (Å²) in [4.78, 5) is 9.37. The van der Waals surface area contributed by atoms with Crippen LogP contribution in [0.1, 0.15) is 65.9 Å². The number of fused-ring (bicyclic) bond motifs is 5. The van der Waals surface area contributed by atoms with E-state index in [4.69, 9.17) is 13.5 Å². The maximum atomic E-state index is 7.23. The van der Waals surface area contributed by atoms with Crippen LogP contribution in [0.25, 0.3) is 76.8 Å². The Morgan fingerprint density at radius 3 is 2.19 bits per heavy atom. The zero-order valence-corrected chi connectivity index (χ0v) is 35.9. The zero-order valence-electron chi connectivity index (χ0n) is 35.7. The molecule has 0 spiro atoms. The van der Waals surface area contributed by atoms with E-state index in [1.165, 1.54) is 44.1 Å². The number of hydrogen-bond donors (Lipinski definition) is 0. The van der Waals surface area contributed by atoms with Gasteiger partial charge in [-0.05, 0) is 88.1 Å². The Morgan fingerprint density at radius 2 is 1.45 bits per heavy atom. The summed E-state index contributed by atoms with van der Waals surface area (Å²) in [6.07, 6.45) is 1.39. The van der Waals surface area contributed by atoms with Crippen LogP contribution in [-0.4, -0.2) is 14.5 Å². The van der Waals surface area contributed by atoms with Gasteiger partial charge in [0.1, 0.15) is 11.2 Å². The molecule has 0 unspecified atom stereocenters. The van der Waals surface area contributed by atoms with Crippen molar-refractivity contribution in [1.82, 2.24) is 14.5 Å². The van der Waals surface area contributed by atoms with E-state index in [1.807, 2.05) is 30.3 Å². The van der Waals surface area contributed by atoms with Crippen LogP contribution in [0.15, 0.2) is 150 Å². The van der Waals surface area contributed by atoms with Crippen molar-refractivity contribution >= 4 is 54.4 Å². The van der Waals surface area contributed by atoms with Gasteiger partial charge in [0.15, 0.2) is 0 Å². The molecule has 0 aliphatic carbocycles. The van der Waals surface area contributed by atoms with E-state index in [-0.39, 0.29) is 25.7 Å². The number of hydrogen-bond acceptors (Lipinski definition) is 4. The van der Waals surface area contributed by atoms with Gasteiger partial charge in [-0.1, -0.05) is 128 Å². The number of furan rings is 1. The smallest absolute Gasteiger partial charge is 0.135 e. The molecule has 58 heavy (non-hydrogen) atoms. The summed E-state index contributed by atoms with van der Waals surface area (Å²) < 4.78 is 31.4. The van der Waals surface area contributed by atoms with E-state index >= 15 is 0 Å². The third kappa shape index (κ3) is 7.56. The minimum Gasteiger partial charge on any atom is -0.456 e. The fourth-order valence-corrected chi connectivity index (χ4v) is 8.63. The molecular formula is C52H43IrN3OS-2. The number of rotatable bonds is 7. The SMILES string of the molecule is CC(C)c1cccc(C(C)C)c1Cn1c(-c2[c-]sc3ccc(-c4ccc5oc6ccccc6c5c4)cc23)nc2ccccc21.[2H]C([2H])([2H])c1ccc(-c2[c-]cccc2)nc1.[Ir]. The first-order valence-electron chi connectivity index (χ1n) is 20.9. The van der Waals surface area contributed by atoms with Gasteiger partial charge >= 0.3 is 0 Å². The second-order valence-corrected chi connectivity index (χ2v) is 15.9. The summed E-state index contributed by atoms with van der Waals surface area (Å²) >= 11 is 1.67. The molecular weight excluding hydrogens is 907 g/mol. The van der Waals surface area contributed by atoms with Gasteiger partial charge in [-0.3, -0.25) is 16.3 Å². The van der Waals surface area contributed by atoms with Crippen LogP contribution in [0, 0.1) is 18.3 Å². The van der Waals surface area contributed by atoms with Crippen molar-refractivity contribution in [1.29, 1.82) is 0 Å². The van der Waals surface area contributed by atoms with Crippen molar-refractivity contribution in [3.05, 3.63) is 179 Å². The van der Waals surface area contributed by atoms with E-state index in [2.05, 4.69) is 140 Å². The average molecular weight is 953 g/mol. The number of aromatic nitrogens is 3. The Bertz CT molecular complexity index is 3100.